The van der Waals surface area contributed by atoms with Crippen LogP contribution in [0, 0.1) is 11.3 Å². The molecule has 0 aromatic heterocycles. The van der Waals surface area contributed by atoms with E-state index in [2.05, 4.69) is 10.6 Å². The third-order valence-corrected chi connectivity index (χ3v) is 3.97. The summed E-state index contributed by atoms with van der Waals surface area (Å²) in [6.07, 6.45) is 0.253. The number of carbonyl (C=O) groups is 3. The molecular formula is C23H23N3O5. The molecule has 2 aromatic rings. The van der Waals surface area contributed by atoms with Gasteiger partial charge in [-0.05, 0) is 61.9 Å². The van der Waals surface area contributed by atoms with Crippen LogP contribution in [0.25, 0.3) is 6.08 Å². The van der Waals surface area contributed by atoms with Crippen LogP contribution in [0.1, 0.15) is 26.3 Å². The van der Waals surface area contributed by atoms with E-state index in [1.54, 1.807) is 54.6 Å². The van der Waals surface area contributed by atoms with Crippen LogP contribution in [0.3, 0.4) is 0 Å². The van der Waals surface area contributed by atoms with E-state index in [0.717, 1.165) is 0 Å². The first-order valence-electron chi connectivity index (χ1n) is 9.56. The lowest BCUT2D eigenvalue weighted by atomic mass is 10.1. The minimum absolute atomic E-state index is 0.205. The molecule has 8 heteroatoms. The lowest BCUT2D eigenvalue weighted by molar-refractivity contribution is -0.148. The monoisotopic (exact) mass is 421 g/mol. The molecule has 0 radical (unpaired) electrons. The molecule has 0 aliphatic rings. The number of nitrogens with zero attached hydrogens (tertiary/aromatic N) is 1. The topological polar surface area (TPSA) is 118 Å². The summed E-state index contributed by atoms with van der Waals surface area (Å²) in [5.41, 5.74) is 1.44. The lowest BCUT2D eigenvalue weighted by Crippen LogP contribution is -2.30. The molecule has 2 amide bonds. The number of hydrogen-bond acceptors (Lipinski definition) is 6. The Morgan fingerprint density at radius 2 is 1.61 bits per heavy atom. The highest BCUT2D eigenvalue weighted by molar-refractivity contribution is 6.01. The van der Waals surface area contributed by atoms with Gasteiger partial charge in [-0.1, -0.05) is 12.1 Å². The summed E-state index contributed by atoms with van der Waals surface area (Å²) in [5, 5.41) is 14.5. The number of nitrogens with one attached hydrogen (secondary N) is 2. The third kappa shape index (κ3) is 7.33. The number of benzene rings is 2. The first-order chi connectivity index (χ1) is 14.8. The van der Waals surface area contributed by atoms with Gasteiger partial charge in [-0.2, -0.15) is 5.26 Å². The summed E-state index contributed by atoms with van der Waals surface area (Å²) >= 11 is 0. The summed E-state index contributed by atoms with van der Waals surface area (Å²) in [5.74, 6) is -0.987. The largest absolute Gasteiger partial charge is 0.494 e. The van der Waals surface area contributed by atoms with Crippen LogP contribution in [0.4, 0.5) is 11.4 Å². The van der Waals surface area contributed by atoms with E-state index in [4.69, 9.17) is 9.47 Å². The summed E-state index contributed by atoms with van der Waals surface area (Å²) in [6, 6.07) is 15.1. The zero-order valence-electron chi connectivity index (χ0n) is 17.5. The van der Waals surface area contributed by atoms with Gasteiger partial charge in [0.15, 0.2) is 6.10 Å². The van der Waals surface area contributed by atoms with Gasteiger partial charge in [0.1, 0.15) is 17.4 Å². The summed E-state index contributed by atoms with van der Waals surface area (Å²) < 4.78 is 10.5. The van der Waals surface area contributed by atoms with Crippen LogP contribution in [0.2, 0.25) is 0 Å². The summed E-state index contributed by atoms with van der Waals surface area (Å²) in [4.78, 5) is 35.7. The number of amides is 2. The van der Waals surface area contributed by atoms with E-state index >= 15 is 0 Å². The number of esters is 1. The second-order valence-corrected chi connectivity index (χ2v) is 6.47. The molecule has 0 aliphatic heterocycles. The van der Waals surface area contributed by atoms with E-state index < -0.39 is 18.0 Å². The van der Waals surface area contributed by atoms with Crippen molar-refractivity contribution >= 4 is 35.2 Å². The zero-order valence-corrected chi connectivity index (χ0v) is 17.5. The van der Waals surface area contributed by atoms with Crippen molar-refractivity contribution in [3.8, 4) is 11.8 Å². The summed E-state index contributed by atoms with van der Waals surface area (Å²) in [7, 11) is 0. The molecule has 0 bridgehead atoms. The average molecular weight is 421 g/mol. The Morgan fingerprint density at radius 1 is 1.03 bits per heavy atom. The second kappa shape index (κ2) is 11.2. The molecule has 0 spiro atoms. The van der Waals surface area contributed by atoms with Gasteiger partial charge in [-0.3, -0.25) is 9.59 Å². The van der Waals surface area contributed by atoms with Gasteiger partial charge in [0, 0.05) is 18.3 Å². The first kappa shape index (κ1) is 23.2. The standard InChI is InChI=1S/C23H23N3O5/c1-4-30-21-11-5-17(6-12-21)13-18(14-24)23(29)31-15(2)22(28)26-20-9-7-19(8-10-20)25-16(3)27/h5-13,15H,4H2,1-3H3,(H,25,27)(H,26,28)/b18-13+/t15-/m0/s1. The van der Waals surface area contributed by atoms with E-state index in [1.165, 1.54) is 19.9 Å². The molecule has 0 heterocycles. The van der Waals surface area contributed by atoms with Crippen LogP contribution in [-0.4, -0.2) is 30.5 Å². The molecular weight excluding hydrogens is 398 g/mol. The van der Waals surface area contributed by atoms with Crippen molar-refractivity contribution in [2.24, 2.45) is 0 Å². The molecule has 0 saturated heterocycles. The van der Waals surface area contributed by atoms with Gasteiger partial charge < -0.3 is 20.1 Å². The van der Waals surface area contributed by atoms with Crippen molar-refractivity contribution in [3.05, 3.63) is 59.7 Å². The lowest BCUT2D eigenvalue weighted by Gasteiger charge is -2.13. The number of ether oxygens (including phenoxy) is 2. The molecule has 0 unspecified atom stereocenters. The fraction of sp³-hybridized carbons (Fsp3) is 0.217. The molecule has 2 rings (SSSR count). The summed E-state index contributed by atoms with van der Waals surface area (Å²) in [6.45, 7) is 5.20. The Labute approximate surface area is 180 Å². The van der Waals surface area contributed by atoms with Crippen LogP contribution in [0.5, 0.6) is 5.75 Å². The maximum atomic E-state index is 12.3. The van der Waals surface area contributed by atoms with Gasteiger partial charge in [-0.15, -0.1) is 0 Å². The van der Waals surface area contributed by atoms with Gasteiger partial charge in [0.25, 0.3) is 5.91 Å². The van der Waals surface area contributed by atoms with Crippen molar-refractivity contribution < 1.29 is 23.9 Å². The number of anilines is 2. The van der Waals surface area contributed by atoms with Crippen molar-refractivity contribution in [2.45, 2.75) is 26.9 Å². The maximum absolute atomic E-state index is 12.3. The number of nitriles is 1. The zero-order chi connectivity index (χ0) is 22.8. The van der Waals surface area contributed by atoms with Crippen LogP contribution in [0.15, 0.2) is 54.1 Å². The minimum atomic E-state index is -1.13. The van der Waals surface area contributed by atoms with Crippen LogP contribution in [-0.2, 0) is 19.1 Å². The highest BCUT2D eigenvalue weighted by Crippen LogP contribution is 2.16. The number of carbonyl (C=O) groups excluding carboxylic acids is 3. The van der Waals surface area contributed by atoms with Crippen LogP contribution >= 0.6 is 0 Å². The van der Waals surface area contributed by atoms with Crippen LogP contribution < -0.4 is 15.4 Å². The molecule has 2 N–H and O–H groups in total. The fourth-order valence-corrected chi connectivity index (χ4v) is 2.49. The SMILES string of the molecule is CCOc1ccc(/C=C(\C#N)C(=O)O[C@@H](C)C(=O)Nc2ccc(NC(C)=O)cc2)cc1. The fourth-order valence-electron chi connectivity index (χ4n) is 2.49. The predicted molar refractivity (Wildman–Crippen MR) is 116 cm³/mol. The van der Waals surface area contributed by atoms with Gasteiger partial charge in [0.2, 0.25) is 5.91 Å². The Morgan fingerprint density at radius 3 is 2.13 bits per heavy atom. The first-order valence-corrected chi connectivity index (χ1v) is 9.56. The number of rotatable bonds is 8. The highest BCUT2D eigenvalue weighted by Gasteiger charge is 2.20. The quantitative estimate of drug-likeness (QED) is 0.383. The Balaban J connectivity index is 1.98. The van der Waals surface area contributed by atoms with E-state index in [0.29, 0.717) is 29.3 Å². The van der Waals surface area contributed by atoms with Crippen molar-refractivity contribution in [1.82, 2.24) is 0 Å². The van der Waals surface area contributed by atoms with E-state index in [-0.39, 0.29) is 11.5 Å². The molecule has 0 saturated carbocycles. The Kier molecular flexibility index (Phi) is 8.34. The van der Waals surface area contributed by atoms with Crippen molar-refractivity contribution in [1.29, 1.82) is 5.26 Å². The van der Waals surface area contributed by atoms with Gasteiger partial charge in [-0.25, -0.2) is 4.79 Å². The molecule has 8 nitrogen and oxygen atoms in total. The number of hydrogen-bond donors (Lipinski definition) is 2. The molecule has 0 aliphatic carbocycles. The smallest absolute Gasteiger partial charge is 0.349 e. The molecule has 2 aromatic carbocycles. The minimum Gasteiger partial charge on any atom is -0.494 e. The normalized spacial score (nSPS) is 11.6. The van der Waals surface area contributed by atoms with E-state index in [1.807, 2.05) is 6.92 Å². The van der Waals surface area contributed by atoms with Crippen molar-refractivity contribution in [2.75, 3.05) is 17.2 Å². The molecule has 1 atom stereocenters. The third-order valence-electron chi connectivity index (χ3n) is 3.97. The Bertz CT molecular complexity index is 1010. The molecule has 31 heavy (non-hydrogen) atoms. The maximum Gasteiger partial charge on any atom is 0.349 e. The molecule has 160 valence electrons. The second-order valence-electron chi connectivity index (χ2n) is 6.47. The molecule has 0 fully saturated rings. The highest BCUT2D eigenvalue weighted by atomic mass is 16.5. The van der Waals surface area contributed by atoms with Gasteiger partial charge in [0.05, 0.1) is 6.61 Å². The van der Waals surface area contributed by atoms with Crippen molar-refractivity contribution in [3.63, 3.8) is 0 Å². The van der Waals surface area contributed by atoms with E-state index in [9.17, 15) is 19.6 Å². The predicted octanol–water partition coefficient (Wildman–Crippen LogP) is 3.52. The average Bonchev–Trinajstić information content (AvgIpc) is 2.74. The Hall–Kier alpha value is -4.12. The van der Waals surface area contributed by atoms with Gasteiger partial charge >= 0.3 is 5.97 Å².